The fourth-order valence-electron chi connectivity index (χ4n) is 1.99. The topological polar surface area (TPSA) is 32.5 Å². The van der Waals surface area contributed by atoms with Crippen molar-refractivity contribution >= 4 is 17.1 Å². The Balaban J connectivity index is 0.000000574. The van der Waals surface area contributed by atoms with Gasteiger partial charge in [-0.15, -0.1) is 0 Å². The SMILES string of the molecule is CC.CN1CCN(c2nc3ccccc3o2)CC1. The highest BCUT2D eigenvalue weighted by atomic mass is 16.4. The van der Waals surface area contributed by atoms with E-state index in [1.807, 2.05) is 38.1 Å². The molecular formula is C14H21N3O. The van der Waals surface area contributed by atoms with Crippen LogP contribution in [0.1, 0.15) is 13.8 Å². The van der Waals surface area contributed by atoms with Crippen molar-refractivity contribution < 1.29 is 4.42 Å². The maximum atomic E-state index is 5.74. The standard InChI is InChI=1S/C12H15N3O.C2H6/c1-14-6-8-15(9-7-14)12-13-10-4-2-3-5-11(10)16-12;1-2/h2-5H,6-9H2,1H3;1-2H3. The summed E-state index contributed by atoms with van der Waals surface area (Å²) in [5.41, 5.74) is 1.81. The van der Waals surface area contributed by atoms with Gasteiger partial charge in [-0.25, -0.2) is 0 Å². The fraction of sp³-hybridized carbons (Fsp3) is 0.500. The van der Waals surface area contributed by atoms with Gasteiger partial charge in [0.2, 0.25) is 0 Å². The van der Waals surface area contributed by atoms with E-state index in [4.69, 9.17) is 4.42 Å². The van der Waals surface area contributed by atoms with E-state index in [0.29, 0.717) is 0 Å². The summed E-state index contributed by atoms with van der Waals surface area (Å²) in [6.45, 7) is 8.12. The molecule has 0 saturated carbocycles. The molecule has 1 aliphatic rings. The van der Waals surface area contributed by atoms with Crippen molar-refractivity contribution in [1.29, 1.82) is 0 Å². The van der Waals surface area contributed by atoms with E-state index in [0.717, 1.165) is 43.3 Å². The second-order valence-electron chi connectivity index (χ2n) is 4.25. The van der Waals surface area contributed by atoms with Crippen molar-refractivity contribution in [2.75, 3.05) is 38.1 Å². The van der Waals surface area contributed by atoms with Crippen molar-refractivity contribution in [3.05, 3.63) is 24.3 Å². The maximum absolute atomic E-state index is 5.74. The predicted octanol–water partition coefficient (Wildman–Crippen LogP) is 2.61. The summed E-state index contributed by atoms with van der Waals surface area (Å²) in [5.74, 6) is 0. The lowest BCUT2D eigenvalue weighted by molar-refractivity contribution is 0.305. The summed E-state index contributed by atoms with van der Waals surface area (Å²) in [7, 11) is 2.14. The summed E-state index contributed by atoms with van der Waals surface area (Å²) in [5, 5.41) is 0. The van der Waals surface area contributed by atoms with Gasteiger partial charge in [-0.05, 0) is 19.2 Å². The Hall–Kier alpha value is -1.55. The summed E-state index contributed by atoms with van der Waals surface area (Å²) in [6, 6.07) is 8.66. The number of aromatic nitrogens is 1. The van der Waals surface area contributed by atoms with Crippen molar-refractivity contribution in [1.82, 2.24) is 9.88 Å². The molecule has 0 atom stereocenters. The smallest absolute Gasteiger partial charge is 0.298 e. The monoisotopic (exact) mass is 247 g/mol. The van der Waals surface area contributed by atoms with E-state index in [2.05, 4.69) is 21.8 Å². The number of rotatable bonds is 1. The normalized spacial score (nSPS) is 16.5. The first-order chi connectivity index (χ1) is 8.83. The van der Waals surface area contributed by atoms with Crippen LogP contribution in [0.25, 0.3) is 11.1 Å². The summed E-state index contributed by atoms with van der Waals surface area (Å²) in [6.07, 6.45) is 0. The zero-order chi connectivity index (χ0) is 13.0. The average molecular weight is 247 g/mol. The number of anilines is 1. The minimum absolute atomic E-state index is 0.759. The highest BCUT2D eigenvalue weighted by Gasteiger charge is 2.18. The quantitative estimate of drug-likeness (QED) is 0.775. The lowest BCUT2D eigenvalue weighted by atomic mass is 10.3. The van der Waals surface area contributed by atoms with Crippen LogP contribution in [0, 0.1) is 0 Å². The van der Waals surface area contributed by atoms with Crippen LogP contribution in [-0.4, -0.2) is 43.1 Å². The third-order valence-electron chi connectivity index (χ3n) is 3.06. The van der Waals surface area contributed by atoms with E-state index in [1.165, 1.54) is 0 Å². The molecule has 1 aromatic carbocycles. The van der Waals surface area contributed by atoms with E-state index in [9.17, 15) is 0 Å². The Kier molecular flexibility index (Phi) is 4.20. The van der Waals surface area contributed by atoms with Crippen LogP contribution in [0.2, 0.25) is 0 Å². The molecule has 1 fully saturated rings. The molecule has 0 bridgehead atoms. The number of oxazole rings is 1. The van der Waals surface area contributed by atoms with Crippen molar-refractivity contribution in [2.24, 2.45) is 0 Å². The molecule has 0 spiro atoms. The number of hydrogen-bond acceptors (Lipinski definition) is 4. The molecule has 4 heteroatoms. The summed E-state index contributed by atoms with van der Waals surface area (Å²) < 4.78 is 5.74. The summed E-state index contributed by atoms with van der Waals surface area (Å²) in [4.78, 5) is 9.03. The Bertz CT molecular complexity index is 453. The van der Waals surface area contributed by atoms with Crippen LogP contribution in [-0.2, 0) is 0 Å². The first kappa shape index (κ1) is 12.9. The molecule has 98 valence electrons. The number of piperazine rings is 1. The molecule has 0 N–H and O–H groups in total. The largest absolute Gasteiger partial charge is 0.423 e. The van der Waals surface area contributed by atoms with E-state index in [-0.39, 0.29) is 0 Å². The van der Waals surface area contributed by atoms with E-state index in [1.54, 1.807) is 0 Å². The Labute approximate surface area is 108 Å². The lowest BCUT2D eigenvalue weighted by Gasteiger charge is -2.31. The molecule has 2 heterocycles. The minimum atomic E-state index is 0.759. The lowest BCUT2D eigenvalue weighted by Crippen LogP contribution is -2.44. The molecule has 1 aromatic heterocycles. The molecular weight excluding hydrogens is 226 g/mol. The molecule has 3 rings (SSSR count). The molecule has 0 radical (unpaired) electrons. The van der Waals surface area contributed by atoms with Gasteiger partial charge in [0, 0.05) is 26.2 Å². The van der Waals surface area contributed by atoms with Gasteiger partial charge in [0.05, 0.1) is 0 Å². The fourth-order valence-corrected chi connectivity index (χ4v) is 1.99. The first-order valence-corrected chi connectivity index (χ1v) is 6.62. The molecule has 1 aliphatic heterocycles. The van der Waals surface area contributed by atoms with Gasteiger partial charge in [0.25, 0.3) is 6.01 Å². The molecule has 0 aliphatic carbocycles. The highest BCUT2D eigenvalue weighted by Crippen LogP contribution is 2.22. The van der Waals surface area contributed by atoms with Gasteiger partial charge in [0.1, 0.15) is 5.52 Å². The second-order valence-corrected chi connectivity index (χ2v) is 4.25. The summed E-state index contributed by atoms with van der Waals surface area (Å²) >= 11 is 0. The number of nitrogens with zero attached hydrogens (tertiary/aromatic N) is 3. The molecule has 0 amide bonds. The molecule has 1 saturated heterocycles. The third-order valence-corrected chi connectivity index (χ3v) is 3.06. The van der Waals surface area contributed by atoms with Gasteiger partial charge in [-0.3, -0.25) is 0 Å². The molecule has 2 aromatic rings. The predicted molar refractivity (Wildman–Crippen MR) is 75.1 cm³/mol. The number of likely N-dealkylation sites (N-methyl/N-ethyl adjacent to an activating group) is 1. The average Bonchev–Trinajstić information content (AvgIpc) is 2.85. The molecule has 0 unspecified atom stereocenters. The zero-order valence-electron chi connectivity index (χ0n) is 11.4. The van der Waals surface area contributed by atoms with Crippen LogP contribution in [0.15, 0.2) is 28.7 Å². The third kappa shape index (κ3) is 2.64. The van der Waals surface area contributed by atoms with Crippen LogP contribution in [0.5, 0.6) is 0 Å². The van der Waals surface area contributed by atoms with Crippen molar-refractivity contribution in [3.8, 4) is 0 Å². The van der Waals surface area contributed by atoms with Gasteiger partial charge in [-0.2, -0.15) is 4.98 Å². The van der Waals surface area contributed by atoms with Crippen LogP contribution in [0.4, 0.5) is 6.01 Å². The van der Waals surface area contributed by atoms with Gasteiger partial charge in [-0.1, -0.05) is 26.0 Å². The van der Waals surface area contributed by atoms with E-state index >= 15 is 0 Å². The molecule has 18 heavy (non-hydrogen) atoms. The Morgan fingerprint density at radius 1 is 1.06 bits per heavy atom. The number of benzene rings is 1. The van der Waals surface area contributed by atoms with Crippen LogP contribution >= 0.6 is 0 Å². The van der Waals surface area contributed by atoms with Crippen molar-refractivity contribution in [3.63, 3.8) is 0 Å². The zero-order valence-corrected chi connectivity index (χ0v) is 11.4. The number of hydrogen-bond donors (Lipinski definition) is 0. The van der Waals surface area contributed by atoms with Gasteiger partial charge >= 0.3 is 0 Å². The minimum Gasteiger partial charge on any atom is -0.423 e. The highest BCUT2D eigenvalue weighted by molar-refractivity contribution is 5.74. The van der Waals surface area contributed by atoms with Crippen LogP contribution in [0.3, 0.4) is 0 Å². The second kappa shape index (κ2) is 5.87. The van der Waals surface area contributed by atoms with E-state index < -0.39 is 0 Å². The van der Waals surface area contributed by atoms with Crippen LogP contribution < -0.4 is 4.90 Å². The number of para-hydroxylation sites is 2. The number of fused-ring (bicyclic) bond motifs is 1. The Morgan fingerprint density at radius 3 is 2.39 bits per heavy atom. The van der Waals surface area contributed by atoms with Gasteiger partial charge < -0.3 is 14.2 Å². The van der Waals surface area contributed by atoms with Crippen molar-refractivity contribution in [2.45, 2.75) is 13.8 Å². The molecule has 4 nitrogen and oxygen atoms in total. The van der Waals surface area contributed by atoms with Gasteiger partial charge in [0.15, 0.2) is 5.58 Å². The maximum Gasteiger partial charge on any atom is 0.298 e. The first-order valence-electron chi connectivity index (χ1n) is 6.62. The Morgan fingerprint density at radius 2 is 1.72 bits per heavy atom.